The van der Waals surface area contributed by atoms with Crippen LogP contribution in [0.2, 0.25) is 0 Å². The van der Waals surface area contributed by atoms with Crippen molar-refractivity contribution in [2.75, 3.05) is 13.2 Å². The summed E-state index contributed by atoms with van der Waals surface area (Å²) in [6, 6.07) is 7.84. The third-order valence-electron chi connectivity index (χ3n) is 2.30. The molecule has 0 radical (unpaired) electrons. The van der Waals surface area contributed by atoms with Gasteiger partial charge in [0.25, 0.3) is 0 Å². The first-order valence-corrected chi connectivity index (χ1v) is 5.94. The smallest absolute Gasteiger partial charge is 0.408 e. The monoisotopic (exact) mass is 280 g/mol. The Balaban J connectivity index is 2.36. The number of amides is 1. The molecule has 108 valence electrons. The van der Waals surface area contributed by atoms with E-state index in [1.807, 2.05) is 18.2 Å². The number of hydrogen-bond acceptors (Lipinski definition) is 4. The molecule has 1 amide bonds. The third-order valence-corrected chi connectivity index (χ3v) is 2.30. The summed E-state index contributed by atoms with van der Waals surface area (Å²) in [5, 5.41) is 11.2. The van der Waals surface area contributed by atoms with Crippen molar-refractivity contribution in [2.45, 2.75) is 12.6 Å². The van der Waals surface area contributed by atoms with E-state index in [9.17, 15) is 9.59 Å². The molecule has 0 saturated carbocycles. The molecule has 0 aliphatic rings. The van der Waals surface area contributed by atoms with Crippen molar-refractivity contribution in [3.05, 3.63) is 48.5 Å². The zero-order chi connectivity index (χ0) is 15.5. The molecule has 6 nitrogen and oxygen atoms in total. The Morgan fingerprint density at radius 1 is 1.45 bits per heavy atom. The number of rotatable bonds is 8. The molecule has 1 rings (SSSR count). The van der Waals surface area contributed by atoms with Gasteiger partial charge < -0.3 is 19.9 Å². The first-order chi connectivity index (χ1) is 10.1. The Hall–Kier alpha value is -2.34. The Morgan fingerprint density at radius 3 is 2.85 bits per heavy atom. The molecule has 2 N–H and O–H groups in total. The fraction of sp³-hybridized carbons (Fsp3) is 0.286. The predicted molar refractivity (Wildman–Crippen MR) is 72.2 cm³/mol. The molecule has 0 aliphatic heterocycles. The van der Waals surface area contributed by atoms with E-state index < -0.39 is 18.1 Å². The Kier molecular flexibility index (Phi) is 6.13. The lowest BCUT2D eigenvalue weighted by molar-refractivity contribution is -0.140. The van der Waals surface area contributed by atoms with E-state index >= 15 is 0 Å². The van der Waals surface area contributed by atoms with Crippen molar-refractivity contribution in [2.24, 2.45) is 0 Å². The van der Waals surface area contributed by atoms with E-state index in [-0.39, 0.29) is 19.8 Å². The van der Waals surface area contributed by atoms with Crippen LogP contribution in [0.15, 0.2) is 43.0 Å². The van der Waals surface area contributed by atoms with Gasteiger partial charge in [-0.05, 0) is 5.56 Å². The lowest BCUT2D eigenvalue weighted by Crippen LogP contribution is -2.44. The van der Waals surface area contributed by atoms with Crippen molar-refractivity contribution >= 4 is 12.1 Å². The van der Waals surface area contributed by atoms with E-state index in [2.05, 4.69) is 5.32 Å². The van der Waals surface area contributed by atoms with Crippen LogP contribution in [-0.4, -0.2) is 36.4 Å². The summed E-state index contributed by atoms with van der Waals surface area (Å²) in [5.41, 5.74) is 0.802. The second-order valence-electron chi connectivity index (χ2n) is 3.87. The predicted octanol–water partition coefficient (Wildman–Crippen LogP) is 1.57. The van der Waals surface area contributed by atoms with Crippen LogP contribution in [0.1, 0.15) is 6.93 Å². The highest BCUT2D eigenvalue weighted by Gasteiger charge is 2.20. The topological polar surface area (TPSA) is 84.9 Å². The highest BCUT2D eigenvalue weighted by molar-refractivity contribution is 5.80. The summed E-state index contributed by atoms with van der Waals surface area (Å²) in [4.78, 5) is 22.5. The van der Waals surface area contributed by atoms with Crippen LogP contribution in [0.4, 0.5) is 4.79 Å². The number of carbonyl (C=O) groups is 2. The minimum absolute atomic E-state index is 0.0570. The average molecular weight is 280 g/mol. The number of aliphatic carboxylic acids is 1. The lowest BCUT2D eigenvalue weighted by atomic mass is 10.2. The summed E-state index contributed by atoms with van der Waals surface area (Å²) in [6.07, 6.45) is 0.581. The molecule has 6 heteroatoms. The highest BCUT2D eigenvalue weighted by atomic mass is 16.5. The van der Waals surface area contributed by atoms with E-state index in [4.69, 9.17) is 16.0 Å². The fourth-order valence-electron chi connectivity index (χ4n) is 1.34. The molecular weight excluding hydrogens is 262 g/mol. The van der Waals surface area contributed by atoms with Gasteiger partial charge in [0.15, 0.2) is 6.04 Å². The number of hydrogen-bond donors (Lipinski definition) is 2. The van der Waals surface area contributed by atoms with Gasteiger partial charge in [0.05, 0.1) is 14.6 Å². The van der Waals surface area contributed by atoms with Crippen LogP contribution < -0.4 is 5.32 Å². The van der Waals surface area contributed by atoms with E-state index in [0.29, 0.717) is 0 Å². The molecule has 0 saturated heterocycles. The molecule has 0 unspecified atom stereocenters. The number of ether oxygens (including phenoxy) is 2. The van der Waals surface area contributed by atoms with Gasteiger partial charge in [-0.2, -0.15) is 0 Å². The average Bonchev–Trinajstić information content (AvgIpc) is 2.49. The summed E-state index contributed by atoms with van der Waals surface area (Å²) < 4.78 is 16.7. The zero-order valence-electron chi connectivity index (χ0n) is 11.8. The van der Waals surface area contributed by atoms with Crippen molar-refractivity contribution in [1.29, 1.82) is 0 Å². The molecule has 0 spiro atoms. The fourth-order valence-corrected chi connectivity index (χ4v) is 1.34. The maximum atomic E-state index is 11.5. The van der Waals surface area contributed by atoms with E-state index in [1.165, 1.54) is 6.08 Å². The third kappa shape index (κ3) is 6.01. The first kappa shape index (κ1) is 14.1. The minimum atomic E-state index is -1.22. The standard InChI is InChI=1S/C14H17NO5/c1-2-8-19-10-12(13(16)17)15-14(18)20-9-11-6-4-3-5-7-11/h2-7,12H,1,8-10H2,(H,15,18)(H,16,17)/t12-/m0/s1/i1D. The molecule has 0 fully saturated rings. The van der Waals surface area contributed by atoms with Crippen LogP contribution in [0.3, 0.4) is 0 Å². The van der Waals surface area contributed by atoms with E-state index in [0.717, 1.165) is 12.1 Å². The summed E-state index contributed by atoms with van der Waals surface area (Å²) in [6.45, 7) is 0.993. The highest BCUT2D eigenvalue weighted by Crippen LogP contribution is 2.01. The van der Waals surface area contributed by atoms with Gasteiger partial charge in [-0.25, -0.2) is 9.59 Å². The normalized spacial score (nSPS) is 12.7. The molecule has 0 aliphatic carbocycles. The number of benzene rings is 1. The lowest BCUT2D eigenvalue weighted by Gasteiger charge is -2.14. The van der Waals surface area contributed by atoms with Gasteiger partial charge in [0.2, 0.25) is 0 Å². The first-order valence-electron chi connectivity index (χ1n) is 6.52. The van der Waals surface area contributed by atoms with Gasteiger partial charge in [-0.1, -0.05) is 36.4 Å². The molecule has 20 heavy (non-hydrogen) atoms. The van der Waals surface area contributed by atoms with Gasteiger partial charge in [-0.15, -0.1) is 6.55 Å². The summed E-state index contributed by atoms with van der Waals surface area (Å²) in [5.74, 6) is -1.22. The van der Waals surface area contributed by atoms with Crippen LogP contribution in [0, 0.1) is 0 Å². The molecule has 1 atom stereocenters. The Labute approximate surface area is 118 Å². The number of alkyl carbamates (subject to hydrolysis) is 1. The van der Waals surface area contributed by atoms with Crippen LogP contribution in [-0.2, 0) is 20.9 Å². The van der Waals surface area contributed by atoms with Crippen LogP contribution >= 0.6 is 0 Å². The quantitative estimate of drug-likeness (QED) is 0.557. The molecule has 1 aromatic carbocycles. The summed E-state index contributed by atoms with van der Waals surface area (Å²) in [7, 11) is 0. The Bertz CT molecular complexity index is 478. The number of nitrogens with one attached hydrogen (secondary N) is 1. The maximum absolute atomic E-state index is 11.5. The van der Waals surface area contributed by atoms with Crippen molar-refractivity contribution in [3.63, 3.8) is 0 Å². The van der Waals surface area contributed by atoms with Gasteiger partial charge in [-0.3, -0.25) is 0 Å². The summed E-state index contributed by atoms with van der Waals surface area (Å²) >= 11 is 0. The number of carbonyl (C=O) groups excluding carboxylic acids is 1. The SMILES string of the molecule is [2H]C=CCOC[C@H](NC(=O)OCc1ccccc1)C(=O)O. The van der Waals surface area contributed by atoms with Gasteiger partial charge in [0, 0.05) is 0 Å². The second kappa shape index (κ2) is 8.71. The van der Waals surface area contributed by atoms with Crippen LogP contribution in [0.5, 0.6) is 0 Å². The zero-order valence-corrected chi connectivity index (χ0v) is 10.8. The molecule has 1 aromatic rings. The molecular formula is C14H17NO5. The minimum Gasteiger partial charge on any atom is -0.480 e. The molecule has 0 heterocycles. The van der Waals surface area contributed by atoms with Gasteiger partial charge >= 0.3 is 12.1 Å². The van der Waals surface area contributed by atoms with Crippen LogP contribution in [0.25, 0.3) is 0 Å². The van der Waals surface area contributed by atoms with Crippen molar-refractivity contribution < 1.29 is 25.5 Å². The Morgan fingerprint density at radius 2 is 2.20 bits per heavy atom. The largest absolute Gasteiger partial charge is 0.480 e. The second-order valence-corrected chi connectivity index (χ2v) is 3.87. The number of carboxylic acids is 1. The van der Waals surface area contributed by atoms with E-state index in [1.54, 1.807) is 12.1 Å². The molecule has 0 bridgehead atoms. The van der Waals surface area contributed by atoms with Crippen molar-refractivity contribution in [3.8, 4) is 0 Å². The number of carboxylic acid groups (broad SMARTS) is 1. The molecule has 0 aromatic heterocycles. The maximum Gasteiger partial charge on any atom is 0.408 e. The van der Waals surface area contributed by atoms with Gasteiger partial charge in [0.1, 0.15) is 6.61 Å². The van der Waals surface area contributed by atoms with Crippen molar-refractivity contribution in [1.82, 2.24) is 5.32 Å².